The first kappa shape index (κ1) is 15.7. The van der Waals surface area contributed by atoms with Gasteiger partial charge in [0.15, 0.2) is 0 Å². The number of hydrogen-bond acceptors (Lipinski definition) is 4. The molecule has 0 amide bonds. The van der Waals surface area contributed by atoms with Gasteiger partial charge in [0.25, 0.3) is 5.91 Å². The Morgan fingerprint density at radius 1 is 1.54 bits per heavy atom. The Morgan fingerprint density at radius 2 is 2.33 bits per heavy atom. The fraction of sp³-hybridized carbons (Fsp3) is 0.529. The van der Waals surface area contributed by atoms with Crippen molar-refractivity contribution in [3.63, 3.8) is 0 Å². The number of rotatable bonds is 1. The van der Waals surface area contributed by atoms with E-state index in [-0.39, 0.29) is 11.8 Å². The molecular weight excluding hydrogens is 328 g/mol. The average molecular weight is 349 g/mol. The van der Waals surface area contributed by atoms with Gasteiger partial charge in [-0.3, -0.25) is 4.79 Å². The van der Waals surface area contributed by atoms with E-state index in [1.54, 1.807) is 6.92 Å². The third-order valence-electron chi connectivity index (χ3n) is 5.27. The first-order valence-corrected chi connectivity index (χ1v) is 8.73. The predicted octanol–water partition coefficient (Wildman–Crippen LogP) is 2.45. The quantitative estimate of drug-likeness (QED) is 0.737. The highest BCUT2D eigenvalue weighted by atomic mass is 35.5. The molecule has 2 aromatic rings. The molecule has 2 aromatic heterocycles. The van der Waals surface area contributed by atoms with Crippen molar-refractivity contribution >= 4 is 23.3 Å². The van der Waals surface area contributed by atoms with Gasteiger partial charge in [0, 0.05) is 17.7 Å². The summed E-state index contributed by atoms with van der Waals surface area (Å²) in [6.07, 6.45) is 4.30. The molecule has 2 heterocycles. The molecule has 4 rings (SSSR count). The van der Waals surface area contributed by atoms with Crippen molar-refractivity contribution in [3.05, 3.63) is 33.7 Å². The first-order valence-electron chi connectivity index (χ1n) is 8.36. The molecule has 0 bridgehead atoms. The number of carbonyl (C=O) groups excluding carboxylic acids is 1. The second-order valence-electron chi connectivity index (χ2n) is 7.23. The molecule has 0 aliphatic heterocycles. The number of aryl methyl sites for hydroxylation is 2. The third-order valence-corrected chi connectivity index (χ3v) is 5.47. The number of hydrogen-bond donors (Lipinski definition) is 3. The van der Waals surface area contributed by atoms with Gasteiger partial charge in [-0.2, -0.15) is 9.78 Å². The lowest BCUT2D eigenvalue weighted by Crippen LogP contribution is -2.32. The highest BCUT2D eigenvalue weighted by molar-refractivity contribution is 6.29. The minimum absolute atomic E-state index is 0.113. The van der Waals surface area contributed by atoms with Crippen LogP contribution in [0.1, 0.15) is 59.4 Å². The summed E-state index contributed by atoms with van der Waals surface area (Å²) in [5.41, 5.74) is 9.05. The number of aromatic nitrogens is 3. The normalized spacial score (nSPS) is 26.0. The molecule has 7 heteroatoms. The van der Waals surface area contributed by atoms with Crippen molar-refractivity contribution < 1.29 is 9.90 Å². The van der Waals surface area contributed by atoms with Crippen molar-refractivity contribution in [2.24, 2.45) is 0 Å². The van der Waals surface area contributed by atoms with Crippen LogP contribution in [0.4, 0.5) is 5.82 Å². The Kier molecular flexibility index (Phi) is 3.51. The number of aromatic amines is 1. The summed E-state index contributed by atoms with van der Waals surface area (Å²) < 4.78 is 1.34. The zero-order chi connectivity index (χ0) is 17.1. The molecule has 0 spiro atoms. The summed E-state index contributed by atoms with van der Waals surface area (Å²) in [5.74, 6) is -0.0245. The lowest BCUT2D eigenvalue weighted by atomic mass is 9.85. The third kappa shape index (κ3) is 2.45. The van der Waals surface area contributed by atoms with Gasteiger partial charge >= 0.3 is 0 Å². The van der Waals surface area contributed by atoms with Crippen LogP contribution in [0.2, 0.25) is 5.15 Å². The maximum absolute atomic E-state index is 13.1. The number of anilines is 1. The molecule has 2 aliphatic rings. The van der Waals surface area contributed by atoms with Crippen LogP contribution in [0.15, 0.2) is 6.07 Å². The summed E-state index contributed by atoms with van der Waals surface area (Å²) in [5, 5.41) is 15.3. The smallest absolute Gasteiger partial charge is 0.256 e. The number of nitrogens with one attached hydrogen (secondary N) is 1. The van der Waals surface area contributed by atoms with Crippen molar-refractivity contribution in [1.29, 1.82) is 0 Å². The van der Waals surface area contributed by atoms with E-state index in [9.17, 15) is 9.90 Å². The monoisotopic (exact) mass is 348 g/mol. The zero-order valence-electron chi connectivity index (χ0n) is 13.6. The number of nitrogen functional groups attached to an aromatic ring is 1. The predicted molar refractivity (Wildman–Crippen MR) is 91.4 cm³/mol. The molecule has 128 valence electrons. The number of fused-ring (bicyclic) bond motifs is 2. The van der Waals surface area contributed by atoms with E-state index in [1.807, 2.05) is 6.07 Å². The van der Waals surface area contributed by atoms with Crippen LogP contribution in [-0.4, -0.2) is 31.4 Å². The minimum Gasteiger partial charge on any atom is -0.390 e. The van der Waals surface area contributed by atoms with E-state index in [1.165, 1.54) is 4.68 Å². The number of aliphatic hydroxyl groups is 1. The fourth-order valence-electron chi connectivity index (χ4n) is 3.97. The molecule has 2 unspecified atom stereocenters. The molecule has 4 N–H and O–H groups in total. The van der Waals surface area contributed by atoms with E-state index in [4.69, 9.17) is 17.3 Å². The van der Waals surface area contributed by atoms with Gasteiger partial charge in [-0.25, -0.2) is 0 Å². The van der Waals surface area contributed by atoms with Crippen molar-refractivity contribution in [2.45, 2.75) is 57.0 Å². The van der Waals surface area contributed by atoms with E-state index < -0.39 is 5.60 Å². The second kappa shape index (κ2) is 5.36. The van der Waals surface area contributed by atoms with Gasteiger partial charge < -0.3 is 15.8 Å². The zero-order valence-corrected chi connectivity index (χ0v) is 14.4. The summed E-state index contributed by atoms with van der Waals surface area (Å²) in [7, 11) is 0. The summed E-state index contributed by atoms with van der Waals surface area (Å²) in [6.45, 7) is 1.80. The number of carbonyl (C=O) groups is 1. The Bertz CT molecular complexity index is 821. The van der Waals surface area contributed by atoms with Crippen molar-refractivity contribution in [3.8, 4) is 0 Å². The highest BCUT2D eigenvalue weighted by Gasteiger charge is 2.35. The maximum Gasteiger partial charge on any atom is 0.256 e. The number of nitrogens with zero attached hydrogens (tertiary/aromatic N) is 2. The molecule has 0 aromatic carbocycles. The molecule has 0 saturated carbocycles. The van der Waals surface area contributed by atoms with Gasteiger partial charge in [-0.05, 0) is 50.7 Å². The average Bonchev–Trinajstić information content (AvgIpc) is 3.05. The standard InChI is InChI=1S/C17H21ClN4O2/c1-17(24)6-5-13-11(8-17)15(19)22(21-13)16(23)9-3-2-4-12-10(9)7-14(18)20-12/h7,9,20,24H,2-6,8,19H2,1H3. The lowest BCUT2D eigenvalue weighted by Gasteiger charge is -2.27. The fourth-order valence-corrected chi connectivity index (χ4v) is 4.20. The summed E-state index contributed by atoms with van der Waals surface area (Å²) >= 11 is 6.07. The van der Waals surface area contributed by atoms with Gasteiger partial charge in [0.1, 0.15) is 11.0 Å². The van der Waals surface area contributed by atoms with E-state index in [0.717, 1.165) is 41.8 Å². The molecule has 0 radical (unpaired) electrons. The second-order valence-corrected chi connectivity index (χ2v) is 7.64. The highest BCUT2D eigenvalue weighted by Crippen LogP contribution is 2.37. The topological polar surface area (TPSA) is 96.9 Å². The SMILES string of the molecule is CC1(O)CCc2nn(C(=O)C3CCCc4[nH]c(Cl)cc43)c(N)c2C1. The minimum atomic E-state index is -0.787. The molecule has 0 fully saturated rings. The van der Waals surface area contributed by atoms with Crippen LogP contribution in [0.25, 0.3) is 0 Å². The van der Waals surface area contributed by atoms with Crippen LogP contribution in [0, 0.1) is 0 Å². The van der Waals surface area contributed by atoms with E-state index in [0.29, 0.717) is 30.2 Å². The van der Waals surface area contributed by atoms with Gasteiger partial charge in [0.2, 0.25) is 0 Å². The van der Waals surface area contributed by atoms with Crippen molar-refractivity contribution in [1.82, 2.24) is 14.8 Å². The molecule has 2 atom stereocenters. The number of nitrogens with two attached hydrogens (primary N) is 1. The number of H-pyrrole nitrogens is 1. The Hall–Kier alpha value is -1.79. The largest absolute Gasteiger partial charge is 0.390 e. The van der Waals surface area contributed by atoms with Crippen LogP contribution >= 0.6 is 11.6 Å². The van der Waals surface area contributed by atoms with Crippen LogP contribution in [-0.2, 0) is 19.3 Å². The maximum atomic E-state index is 13.1. The Labute approximate surface area is 145 Å². The molecular formula is C17H21ClN4O2. The van der Waals surface area contributed by atoms with E-state index in [2.05, 4.69) is 10.1 Å². The molecule has 24 heavy (non-hydrogen) atoms. The van der Waals surface area contributed by atoms with Gasteiger partial charge in [-0.15, -0.1) is 0 Å². The summed E-state index contributed by atoms with van der Waals surface area (Å²) in [4.78, 5) is 16.2. The summed E-state index contributed by atoms with van der Waals surface area (Å²) in [6, 6.07) is 1.84. The Morgan fingerprint density at radius 3 is 3.12 bits per heavy atom. The molecule has 6 nitrogen and oxygen atoms in total. The molecule has 2 aliphatic carbocycles. The van der Waals surface area contributed by atoms with Crippen LogP contribution in [0.5, 0.6) is 0 Å². The van der Waals surface area contributed by atoms with Gasteiger partial charge in [0.05, 0.1) is 17.2 Å². The first-order chi connectivity index (χ1) is 11.4. The van der Waals surface area contributed by atoms with Crippen LogP contribution < -0.4 is 5.73 Å². The number of halogens is 1. The van der Waals surface area contributed by atoms with Gasteiger partial charge in [-0.1, -0.05) is 11.6 Å². The lowest BCUT2D eigenvalue weighted by molar-refractivity contribution is 0.0457. The van der Waals surface area contributed by atoms with Crippen LogP contribution in [0.3, 0.4) is 0 Å². The Balaban J connectivity index is 1.71. The van der Waals surface area contributed by atoms with E-state index >= 15 is 0 Å². The van der Waals surface area contributed by atoms with Crippen molar-refractivity contribution in [2.75, 3.05) is 5.73 Å². The molecule has 0 saturated heterocycles.